The number of hydroxylamine groups is 1. The van der Waals surface area contributed by atoms with Crippen LogP contribution in [0.1, 0.15) is 18.9 Å². The average molecular weight is 195 g/mol. The first kappa shape index (κ1) is 11.2. The van der Waals surface area contributed by atoms with Crippen LogP contribution in [0.2, 0.25) is 0 Å². The number of benzene rings is 1. The van der Waals surface area contributed by atoms with Gasteiger partial charge in [0.25, 0.3) is 0 Å². The summed E-state index contributed by atoms with van der Waals surface area (Å²) in [5.41, 5.74) is 3.85. The Morgan fingerprint density at radius 2 is 2.07 bits per heavy atom. The van der Waals surface area contributed by atoms with Gasteiger partial charge in [0.15, 0.2) is 0 Å². The molecule has 2 N–H and O–H groups in total. The Kier molecular flexibility index (Phi) is 5.22. The van der Waals surface area contributed by atoms with Crippen LogP contribution in [-0.4, -0.2) is 17.8 Å². The van der Waals surface area contributed by atoms with Crippen molar-refractivity contribution in [3.05, 3.63) is 35.9 Å². The number of hydrogen-bond acceptors (Lipinski definition) is 3. The van der Waals surface area contributed by atoms with Crippen molar-refractivity contribution >= 4 is 0 Å². The van der Waals surface area contributed by atoms with Gasteiger partial charge in [-0.3, -0.25) is 4.84 Å². The highest BCUT2D eigenvalue weighted by Crippen LogP contribution is 1.98. The summed E-state index contributed by atoms with van der Waals surface area (Å²) in [6, 6.07) is 9.91. The van der Waals surface area contributed by atoms with Crippen LogP contribution in [0.25, 0.3) is 0 Å². The third-order valence-electron chi connectivity index (χ3n) is 1.97. The van der Waals surface area contributed by atoms with Crippen molar-refractivity contribution in [1.29, 1.82) is 0 Å². The van der Waals surface area contributed by atoms with Gasteiger partial charge in [-0.2, -0.15) is 5.48 Å². The zero-order valence-corrected chi connectivity index (χ0v) is 8.44. The van der Waals surface area contributed by atoms with E-state index in [-0.39, 0.29) is 6.10 Å². The predicted octanol–water partition coefficient (Wildman–Crippen LogP) is 1.48. The summed E-state index contributed by atoms with van der Waals surface area (Å²) < 4.78 is 0. The zero-order chi connectivity index (χ0) is 10.2. The van der Waals surface area contributed by atoms with Crippen molar-refractivity contribution in [1.82, 2.24) is 5.48 Å². The third kappa shape index (κ3) is 4.37. The quantitative estimate of drug-likeness (QED) is 0.533. The van der Waals surface area contributed by atoms with E-state index in [0.29, 0.717) is 13.2 Å². The minimum absolute atomic E-state index is 0.328. The van der Waals surface area contributed by atoms with Crippen LogP contribution < -0.4 is 5.48 Å². The van der Waals surface area contributed by atoms with Crippen LogP contribution in [0.4, 0.5) is 0 Å². The number of nitrogens with one attached hydrogen (secondary N) is 1. The van der Waals surface area contributed by atoms with Gasteiger partial charge in [0, 0.05) is 6.54 Å². The van der Waals surface area contributed by atoms with Crippen LogP contribution in [0.15, 0.2) is 30.3 Å². The van der Waals surface area contributed by atoms with Crippen molar-refractivity contribution < 1.29 is 9.94 Å². The lowest BCUT2D eigenvalue weighted by molar-refractivity contribution is 0.00260. The van der Waals surface area contributed by atoms with E-state index < -0.39 is 0 Å². The molecule has 0 radical (unpaired) electrons. The molecule has 0 aromatic heterocycles. The summed E-state index contributed by atoms with van der Waals surface area (Å²) >= 11 is 0. The molecule has 0 spiro atoms. The third-order valence-corrected chi connectivity index (χ3v) is 1.97. The molecule has 1 aromatic rings. The van der Waals surface area contributed by atoms with E-state index in [9.17, 15) is 5.11 Å². The molecule has 1 rings (SSSR count). The van der Waals surface area contributed by atoms with E-state index >= 15 is 0 Å². The molecule has 0 fully saturated rings. The van der Waals surface area contributed by atoms with Crippen LogP contribution in [0.3, 0.4) is 0 Å². The predicted molar refractivity (Wildman–Crippen MR) is 55.5 cm³/mol. The standard InChI is InChI=1S/C11H17NO2/c1-2-11(13)8-12-14-9-10-6-4-3-5-7-10/h3-7,11-13H,2,8-9H2,1H3. The van der Waals surface area contributed by atoms with Crippen LogP contribution >= 0.6 is 0 Å². The highest BCUT2D eigenvalue weighted by Gasteiger charge is 1.98. The van der Waals surface area contributed by atoms with E-state index in [4.69, 9.17) is 4.84 Å². The fourth-order valence-corrected chi connectivity index (χ4v) is 1.01. The summed E-state index contributed by atoms with van der Waals surface area (Å²) in [7, 11) is 0. The van der Waals surface area contributed by atoms with Gasteiger partial charge in [-0.25, -0.2) is 0 Å². The van der Waals surface area contributed by atoms with Gasteiger partial charge in [-0.15, -0.1) is 0 Å². The fourth-order valence-electron chi connectivity index (χ4n) is 1.01. The van der Waals surface area contributed by atoms with Crippen molar-refractivity contribution in [3.63, 3.8) is 0 Å². The minimum atomic E-state index is -0.328. The molecule has 3 nitrogen and oxygen atoms in total. The molecule has 0 saturated heterocycles. The van der Waals surface area contributed by atoms with E-state index in [2.05, 4.69) is 5.48 Å². The molecule has 0 aliphatic rings. The van der Waals surface area contributed by atoms with Gasteiger partial charge in [0.1, 0.15) is 0 Å². The molecular formula is C11H17NO2. The Hall–Kier alpha value is -0.900. The van der Waals surface area contributed by atoms with Crippen LogP contribution in [0.5, 0.6) is 0 Å². The highest BCUT2D eigenvalue weighted by molar-refractivity contribution is 5.13. The lowest BCUT2D eigenvalue weighted by atomic mass is 10.2. The van der Waals surface area contributed by atoms with E-state index in [0.717, 1.165) is 12.0 Å². The molecule has 0 amide bonds. The van der Waals surface area contributed by atoms with Crippen molar-refractivity contribution in [3.8, 4) is 0 Å². The Balaban J connectivity index is 2.10. The molecule has 0 aliphatic carbocycles. The van der Waals surface area contributed by atoms with E-state index in [1.807, 2.05) is 37.3 Å². The first-order valence-electron chi connectivity index (χ1n) is 4.89. The maximum absolute atomic E-state index is 9.21. The summed E-state index contributed by atoms with van der Waals surface area (Å²) in [5.74, 6) is 0. The second kappa shape index (κ2) is 6.54. The number of rotatable bonds is 6. The minimum Gasteiger partial charge on any atom is -0.392 e. The second-order valence-electron chi connectivity index (χ2n) is 3.18. The maximum Gasteiger partial charge on any atom is 0.0933 e. The molecule has 1 aromatic carbocycles. The fraction of sp³-hybridized carbons (Fsp3) is 0.455. The highest BCUT2D eigenvalue weighted by atomic mass is 16.6. The molecule has 0 heterocycles. The Morgan fingerprint density at radius 1 is 1.36 bits per heavy atom. The molecule has 3 heteroatoms. The Bertz CT molecular complexity index is 238. The smallest absolute Gasteiger partial charge is 0.0933 e. The summed E-state index contributed by atoms with van der Waals surface area (Å²) in [6.45, 7) is 2.93. The van der Waals surface area contributed by atoms with Crippen LogP contribution in [-0.2, 0) is 11.4 Å². The monoisotopic (exact) mass is 195 g/mol. The summed E-state index contributed by atoms with van der Waals surface area (Å²) in [6.07, 6.45) is 0.410. The Morgan fingerprint density at radius 3 is 2.71 bits per heavy atom. The lowest BCUT2D eigenvalue weighted by Gasteiger charge is -2.09. The number of aliphatic hydroxyl groups is 1. The topological polar surface area (TPSA) is 41.5 Å². The molecule has 1 atom stereocenters. The molecule has 0 aliphatic heterocycles. The van der Waals surface area contributed by atoms with Gasteiger partial charge in [-0.05, 0) is 12.0 Å². The van der Waals surface area contributed by atoms with E-state index in [1.54, 1.807) is 0 Å². The molecule has 14 heavy (non-hydrogen) atoms. The zero-order valence-electron chi connectivity index (χ0n) is 8.44. The van der Waals surface area contributed by atoms with E-state index in [1.165, 1.54) is 0 Å². The molecule has 0 bridgehead atoms. The summed E-state index contributed by atoms with van der Waals surface area (Å²) in [5, 5.41) is 9.21. The number of aliphatic hydroxyl groups excluding tert-OH is 1. The van der Waals surface area contributed by atoms with Crippen molar-refractivity contribution in [2.45, 2.75) is 26.1 Å². The van der Waals surface area contributed by atoms with Crippen LogP contribution in [0, 0.1) is 0 Å². The van der Waals surface area contributed by atoms with Crippen molar-refractivity contribution in [2.75, 3.05) is 6.54 Å². The van der Waals surface area contributed by atoms with Gasteiger partial charge in [0.05, 0.1) is 12.7 Å². The van der Waals surface area contributed by atoms with Gasteiger partial charge < -0.3 is 5.11 Å². The van der Waals surface area contributed by atoms with Gasteiger partial charge in [0.2, 0.25) is 0 Å². The molecule has 0 saturated carbocycles. The largest absolute Gasteiger partial charge is 0.392 e. The Labute approximate surface area is 84.7 Å². The molecule has 78 valence electrons. The SMILES string of the molecule is CCC(O)CNOCc1ccccc1. The van der Waals surface area contributed by atoms with Gasteiger partial charge in [-0.1, -0.05) is 37.3 Å². The first-order chi connectivity index (χ1) is 6.83. The maximum atomic E-state index is 9.21. The molecular weight excluding hydrogens is 178 g/mol. The lowest BCUT2D eigenvalue weighted by Crippen LogP contribution is -2.26. The van der Waals surface area contributed by atoms with Gasteiger partial charge >= 0.3 is 0 Å². The average Bonchev–Trinajstić information content (AvgIpc) is 2.25. The van der Waals surface area contributed by atoms with Crippen molar-refractivity contribution in [2.24, 2.45) is 0 Å². The molecule has 1 unspecified atom stereocenters. The number of hydrogen-bond donors (Lipinski definition) is 2. The summed E-state index contributed by atoms with van der Waals surface area (Å²) in [4.78, 5) is 5.18. The second-order valence-corrected chi connectivity index (χ2v) is 3.18. The normalized spacial score (nSPS) is 12.7. The first-order valence-corrected chi connectivity index (χ1v) is 4.89.